The minimum atomic E-state index is -2.84. The summed E-state index contributed by atoms with van der Waals surface area (Å²) in [5, 5.41) is 15.0. The van der Waals surface area contributed by atoms with Gasteiger partial charge in [-0.05, 0) is 43.4 Å². The summed E-state index contributed by atoms with van der Waals surface area (Å²) in [6.45, 7) is -0.873. The lowest BCUT2D eigenvalue weighted by atomic mass is 10.3. The number of thiocarbonyl (C=S) groups is 1. The number of ether oxygens (including phenoxy) is 1. The molecule has 0 amide bonds. The van der Waals surface area contributed by atoms with Gasteiger partial charge in [-0.3, -0.25) is 0 Å². The number of alkyl halides is 2. The predicted octanol–water partition coefficient (Wildman–Crippen LogP) is 1.96. The van der Waals surface area contributed by atoms with Crippen LogP contribution in [0.1, 0.15) is 6.92 Å². The predicted molar refractivity (Wildman–Crippen MR) is 69.0 cm³/mol. The Morgan fingerprint density at radius 1 is 1.39 bits per heavy atom. The van der Waals surface area contributed by atoms with E-state index < -0.39 is 12.7 Å². The number of benzene rings is 1. The van der Waals surface area contributed by atoms with Crippen LogP contribution in [-0.2, 0) is 0 Å². The lowest BCUT2D eigenvalue weighted by Crippen LogP contribution is -2.33. The highest BCUT2D eigenvalue weighted by Crippen LogP contribution is 2.17. The summed E-state index contributed by atoms with van der Waals surface area (Å²) >= 11 is 4.97. The highest BCUT2D eigenvalue weighted by atomic mass is 32.1. The van der Waals surface area contributed by atoms with Crippen molar-refractivity contribution in [3.8, 4) is 5.75 Å². The van der Waals surface area contributed by atoms with E-state index in [1.807, 2.05) is 0 Å². The zero-order valence-corrected chi connectivity index (χ0v) is 10.5. The van der Waals surface area contributed by atoms with Crippen molar-refractivity contribution in [1.29, 1.82) is 0 Å². The number of hydrogen-bond acceptors (Lipinski definition) is 3. The molecule has 18 heavy (non-hydrogen) atoms. The standard InChI is InChI=1S/C11H14F2N2O2S/c1-7(16)6-14-11(18)15-8-2-4-9(5-3-8)17-10(12)13/h2-5,7,10,16H,6H2,1H3,(H2,14,15,18)/t7-/m0/s1. The normalized spacial score (nSPS) is 12.1. The van der Waals surface area contributed by atoms with Gasteiger partial charge in [0.1, 0.15) is 5.75 Å². The lowest BCUT2D eigenvalue weighted by molar-refractivity contribution is -0.0498. The quantitative estimate of drug-likeness (QED) is 0.718. The number of rotatable bonds is 5. The van der Waals surface area contributed by atoms with E-state index in [1.165, 1.54) is 12.1 Å². The number of nitrogens with one attached hydrogen (secondary N) is 2. The van der Waals surface area contributed by atoms with Crippen LogP contribution in [0.25, 0.3) is 0 Å². The number of anilines is 1. The maximum absolute atomic E-state index is 11.9. The molecule has 1 rings (SSSR count). The van der Waals surface area contributed by atoms with Gasteiger partial charge in [0.2, 0.25) is 0 Å². The molecule has 0 unspecified atom stereocenters. The third-order valence-corrected chi connectivity index (χ3v) is 2.14. The van der Waals surface area contributed by atoms with Crippen molar-refractivity contribution in [3.63, 3.8) is 0 Å². The van der Waals surface area contributed by atoms with Crippen LogP contribution in [-0.4, -0.2) is 29.5 Å². The first kappa shape index (κ1) is 14.6. The molecule has 0 aliphatic heterocycles. The summed E-state index contributed by atoms with van der Waals surface area (Å²) in [6.07, 6.45) is -0.508. The summed E-state index contributed by atoms with van der Waals surface area (Å²) < 4.78 is 28.0. The third kappa shape index (κ3) is 5.74. The average Bonchev–Trinajstić information content (AvgIpc) is 2.28. The maximum Gasteiger partial charge on any atom is 0.387 e. The van der Waals surface area contributed by atoms with Crippen LogP contribution in [0.15, 0.2) is 24.3 Å². The topological polar surface area (TPSA) is 53.5 Å². The van der Waals surface area contributed by atoms with Crippen molar-refractivity contribution < 1.29 is 18.6 Å². The van der Waals surface area contributed by atoms with Gasteiger partial charge in [0.05, 0.1) is 6.10 Å². The van der Waals surface area contributed by atoms with Crippen LogP contribution in [0.2, 0.25) is 0 Å². The van der Waals surface area contributed by atoms with Crippen molar-refractivity contribution in [2.45, 2.75) is 19.6 Å². The molecule has 0 aromatic heterocycles. The number of aliphatic hydroxyl groups excluding tert-OH is 1. The fraction of sp³-hybridized carbons (Fsp3) is 0.364. The van der Waals surface area contributed by atoms with E-state index in [1.54, 1.807) is 19.1 Å². The van der Waals surface area contributed by atoms with Crippen molar-refractivity contribution in [2.75, 3.05) is 11.9 Å². The molecule has 1 aromatic carbocycles. The molecule has 100 valence electrons. The molecule has 0 saturated carbocycles. The zero-order chi connectivity index (χ0) is 13.5. The summed E-state index contributed by atoms with van der Waals surface area (Å²) in [5.74, 6) is 0.0819. The van der Waals surface area contributed by atoms with Gasteiger partial charge >= 0.3 is 6.61 Å². The molecule has 0 spiro atoms. The molecule has 0 fully saturated rings. The van der Waals surface area contributed by atoms with E-state index >= 15 is 0 Å². The van der Waals surface area contributed by atoms with Gasteiger partial charge in [-0.15, -0.1) is 0 Å². The minimum absolute atomic E-state index is 0.0819. The van der Waals surface area contributed by atoms with Gasteiger partial charge in [-0.2, -0.15) is 8.78 Å². The number of hydrogen-bond donors (Lipinski definition) is 3. The first-order valence-electron chi connectivity index (χ1n) is 5.25. The molecule has 1 atom stereocenters. The molecule has 0 saturated heterocycles. The SMILES string of the molecule is C[C@H](O)CNC(=S)Nc1ccc(OC(F)F)cc1. The van der Waals surface area contributed by atoms with E-state index in [2.05, 4.69) is 15.4 Å². The molecule has 0 heterocycles. The smallest absolute Gasteiger partial charge is 0.387 e. The molecule has 7 heteroatoms. The summed E-state index contributed by atoms with van der Waals surface area (Å²) in [4.78, 5) is 0. The van der Waals surface area contributed by atoms with E-state index in [0.717, 1.165) is 0 Å². The number of aliphatic hydroxyl groups is 1. The summed E-state index contributed by atoms with van der Waals surface area (Å²) in [7, 11) is 0. The van der Waals surface area contributed by atoms with E-state index in [0.29, 0.717) is 17.3 Å². The monoisotopic (exact) mass is 276 g/mol. The van der Waals surface area contributed by atoms with Gasteiger partial charge < -0.3 is 20.5 Å². The van der Waals surface area contributed by atoms with Crippen molar-refractivity contribution in [1.82, 2.24) is 5.32 Å². The van der Waals surface area contributed by atoms with Crippen LogP contribution in [0, 0.1) is 0 Å². The second-order valence-electron chi connectivity index (χ2n) is 3.59. The molecule has 3 N–H and O–H groups in total. The molecule has 0 aliphatic carbocycles. The summed E-state index contributed by atoms with van der Waals surface area (Å²) in [6, 6.07) is 5.94. The fourth-order valence-electron chi connectivity index (χ4n) is 1.14. The molecule has 1 aromatic rings. The Morgan fingerprint density at radius 3 is 2.50 bits per heavy atom. The van der Waals surface area contributed by atoms with Crippen LogP contribution < -0.4 is 15.4 Å². The Labute approximate surface area is 109 Å². The Balaban J connectivity index is 2.45. The Hall–Kier alpha value is -1.47. The Kier molecular flexibility index (Phi) is 5.73. The average molecular weight is 276 g/mol. The fourth-order valence-corrected chi connectivity index (χ4v) is 1.34. The zero-order valence-electron chi connectivity index (χ0n) is 9.69. The van der Waals surface area contributed by atoms with Crippen LogP contribution in [0.5, 0.6) is 5.75 Å². The van der Waals surface area contributed by atoms with Gasteiger partial charge in [-0.1, -0.05) is 0 Å². The molecular formula is C11H14F2N2O2S. The second kappa shape index (κ2) is 7.07. The highest BCUT2D eigenvalue weighted by Gasteiger charge is 2.04. The van der Waals surface area contributed by atoms with Crippen LogP contribution >= 0.6 is 12.2 Å². The molecule has 0 radical (unpaired) electrons. The van der Waals surface area contributed by atoms with Crippen LogP contribution in [0.3, 0.4) is 0 Å². The molecular weight excluding hydrogens is 262 g/mol. The molecule has 0 aliphatic rings. The van der Waals surface area contributed by atoms with E-state index in [9.17, 15) is 8.78 Å². The number of halogens is 2. The maximum atomic E-state index is 11.9. The first-order valence-corrected chi connectivity index (χ1v) is 5.66. The van der Waals surface area contributed by atoms with Crippen molar-refractivity contribution >= 4 is 23.0 Å². The largest absolute Gasteiger partial charge is 0.435 e. The van der Waals surface area contributed by atoms with E-state index in [-0.39, 0.29) is 5.75 Å². The Bertz CT molecular complexity index is 385. The lowest BCUT2D eigenvalue weighted by Gasteiger charge is -2.12. The van der Waals surface area contributed by atoms with Gasteiger partial charge in [0.25, 0.3) is 0 Å². The van der Waals surface area contributed by atoms with Crippen molar-refractivity contribution in [3.05, 3.63) is 24.3 Å². The minimum Gasteiger partial charge on any atom is -0.435 e. The Morgan fingerprint density at radius 2 is 2.00 bits per heavy atom. The van der Waals surface area contributed by atoms with Crippen molar-refractivity contribution in [2.24, 2.45) is 0 Å². The molecule has 0 bridgehead atoms. The highest BCUT2D eigenvalue weighted by molar-refractivity contribution is 7.80. The van der Waals surface area contributed by atoms with Gasteiger partial charge in [0, 0.05) is 12.2 Å². The van der Waals surface area contributed by atoms with E-state index in [4.69, 9.17) is 17.3 Å². The van der Waals surface area contributed by atoms with Gasteiger partial charge in [0.15, 0.2) is 5.11 Å². The molecule has 4 nitrogen and oxygen atoms in total. The van der Waals surface area contributed by atoms with Gasteiger partial charge in [-0.25, -0.2) is 0 Å². The second-order valence-corrected chi connectivity index (χ2v) is 4.00. The summed E-state index contributed by atoms with van der Waals surface area (Å²) in [5.41, 5.74) is 0.639. The van der Waals surface area contributed by atoms with Crippen LogP contribution in [0.4, 0.5) is 14.5 Å². The first-order chi connectivity index (χ1) is 8.47. The third-order valence-electron chi connectivity index (χ3n) is 1.90.